The Kier molecular flexibility index (Phi) is 8.81. The molecular formula is C20H37IN4O3. The lowest BCUT2D eigenvalue weighted by Crippen LogP contribution is -2.71. The van der Waals surface area contributed by atoms with E-state index in [1.807, 2.05) is 0 Å². The first-order valence-electron chi connectivity index (χ1n) is 10.4. The van der Waals surface area contributed by atoms with E-state index in [9.17, 15) is 4.79 Å². The first-order chi connectivity index (χ1) is 12.9. The molecule has 2 saturated heterocycles. The second-order valence-corrected chi connectivity index (χ2v) is 8.86. The summed E-state index contributed by atoms with van der Waals surface area (Å²) < 4.78 is 11.8. The van der Waals surface area contributed by atoms with E-state index < -0.39 is 0 Å². The Labute approximate surface area is 186 Å². The Morgan fingerprint density at radius 2 is 1.89 bits per heavy atom. The van der Waals surface area contributed by atoms with E-state index in [4.69, 9.17) is 9.47 Å². The smallest absolute Gasteiger partial charge is 0.243 e. The molecule has 3 aliphatic rings. The van der Waals surface area contributed by atoms with Gasteiger partial charge < -0.3 is 25.0 Å². The lowest BCUT2D eigenvalue weighted by Gasteiger charge is -2.60. The monoisotopic (exact) mass is 508 g/mol. The number of carbonyl (C=O) groups excluding carboxylic acids is 1. The number of halogens is 1. The minimum Gasteiger partial charge on any atom is -0.377 e. The number of carbonyl (C=O) groups is 1. The van der Waals surface area contributed by atoms with Gasteiger partial charge in [-0.15, -0.1) is 24.0 Å². The Morgan fingerprint density at radius 1 is 1.14 bits per heavy atom. The largest absolute Gasteiger partial charge is 0.377 e. The highest BCUT2D eigenvalue weighted by molar-refractivity contribution is 14.0. The molecule has 4 unspecified atom stereocenters. The third kappa shape index (κ3) is 5.50. The van der Waals surface area contributed by atoms with Crippen LogP contribution in [0.3, 0.4) is 0 Å². The Balaban J connectivity index is 0.00000280. The molecule has 3 rings (SSSR count). The van der Waals surface area contributed by atoms with Crippen LogP contribution in [0.2, 0.25) is 0 Å². The lowest BCUT2D eigenvalue weighted by molar-refractivity contribution is -0.188. The maximum absolute atomic E-state index is 12.0. The molecule has 0 aromatic rings. The van der Waals surface area contributed by atoms with Crippen molar-refractivity contribution in [3.05, 3.63) is 0 Å². The average Bonchev–Trinajstić information content (AvgIpc) is 2.67. The minimum absolute atomic E-state index is 0. The molecule has 162 valence electrons. The Bertz CT molecular complexity index is 550. The predicted octanol–water partition coefficient (Wildman–Crippen LogP) is 2.00. The number of likely N-dealkylation sites (N-methyl/N-ethyl adjacent to an activating group) is 1. The van der Waals surface area contributed by atoms with Gasteiger partial charge in [-0.3, -0.25) is 4.79 Å². The molecule has 2 aliphatic heterocycles. The van der Waals surface area contributed by atoms with Crippen LogP contribution in [0.15, 0.2) is 4.99 Å². The third-order valence-electron chi connectivity index (χ3n) is 6.27. The SMILES string of the molecule is CN(C)C(=O)CN=C(NCC1CCCCO1)NC1C2CCCOC2C1(C)C.I. The number of hydrogen-bond donors (Lipinski definition) is 2. The third-order valence-corrected chi connectivity index (χ3v) is 6.27. The number of fused-ring (bicyclic) bond motifs is 1. The standard InChI is InChI=1S/C20H36N4O3.HI/c1-20(2)17(15-9-7-11-27-18(15)20)23-19(22-13-16(25)24(3)4)21-12-14-8-5-6-10-26-14;/h14-15,17-18H,5-13H2,1-4H3,(H2,21,22,23);1H. The van der Waals surface area contributed by atoms with Crippen LogP contribution in [0, 0.1) is 11.3 Å². The fourth-order valence-corrected chi connectivity index (χ4v) is 4.58. The maximum atomic E-state index is 12.0. The quantitative estimate of drug-likeness (QED) is 0.338. The summed E-state index contributed by atoms with van der Waals surface area (Å²) in [7, 11) is 3.51. The van der Waals surface area contributed by atoms with Gasteiger partial charge in [-0.1, -0.05) is 13.8 Å². The summed E-state index contributed by atoms with van der Waals surface area (Å²) in [5, 5.41) is 7.03. The average molecular weight is 508 g/mol. The van der Waals surface area contributed by atoms with Crippen LogP contribution < -0.4 is 10.6 Å². The van der Waals surface area contributed by atoms with E-state index in [-0.39, 0.29) is 47.9 Å². The molecule has 3 fully saturated rings. The summed E-state index contributed by atoms with van der Waals surface area (Å²) in [4.78, 5) is 18.1. The van der Waals surface area contributed by atoms with Gasteiger partial charge in [0.05, 0.1) is 12.2 Å². The molecule has 1 amide bonds. The van der Waals surface area contributed by atoms with Crippen molar-refractivity contribution in [3.63, 3.8) is 0 Å². The molecule has 1 saturated carbocycles. The Hall–Kier alpha value is -0.610. The maximum Gasteiger partial charge on any atom is 0.243 e. The topological polar surface area (TPSA) is 75.2 Å². The minimum atomic E-state index is -0.00300. The molecule has 28 heavy (non-hydrogen) atoms. The van der Waals surface area contributed by atoms with Gasteiger partial charge in [-0.25, -0.2) is 4.99 Å². The van der Waals surface area contributed by atoms with Crippen molar-refractivity contribution in [1.82, 2.24) is 15.5 Å². The molecule has 0 aromatic heterocycles. The number of rotatable bonds is 5. The van der Waals surface area contributed by atoms with E-state index in [1.54, 1.807) is 19.0 Å². The van der Waals surface area contributed by atoms with Crippen LogP contribution in [0.1, 0.15) is 46.0 Å². The van der Waals surface area contributed by atoms with Crippen LogP contribution in [0.5, 0.6) is 0 Å². The zero-order chi connectivity index (χ0) is 19.4. The molecule has 7 nitrogen and oxygen atoms in total. The number of hydrogen-bond acceptors (Lipinski definition) is 4. The van der Waals surface area contributed by atoms with Gasteiger partial charge in [0.15, 0.2) is 5.96 Å². The fraction of sp³-hybridized carbons (Fsp3) is 0.900. The zero-order valence-electron chi connectivity index (χ0n) is 17.7. The van der Waals surface area contributed by atoms with Gasteiger partial charge >= 0.3 is 0 Å². The first kappa shape index (κ1) is 23.7. The summed E-state index contributed by atoms with van der Waals surface area (Å²) in [5.41, 5.74) is 0.0560. The van der Waals surface area contributed by atoms with Gasteiger partial charge in [0.1, 0.15) is 6.54 Å². The van der Waals surface area contributed by atoms with Gasteiger partial charge in [0, 0.05) is 51.2 Å². The van der Waals surface area contributed by atoms with Crippen molar-refractivity contribution >= 4 is 35.8 Å². The lowest BCUT2D eigenvalue weighted by atomic mass is 9.55. The highest BCUT2D eigenvalue weighted by Crippen LogP contribution is 2.51. The van der Waals surface area contributed by atoms with Gasteiger partial charge in [0.2, 0.25) is 5.91 Å². The molecule has 0 spiro atoms. The van der Waals surface area contributed by atoms with Crippen LogP contribution in [-0.2, 0) is 14.3 Å². The second kappa shape index (κ2) is 10.4. The van der Waals surface area contributed by atoms with Gasteiger partial charge in [-0.2, -0.15) is 0 Å². The second-order valence-electron chi connectivity index (χ2n) is 8.86. The highest BCUT2D eigenvalue weighted by Gasteiger charge is 2.58. The zero-order valence-corrected chi connectivity index (χ0v) is 20.0. The van der Waals surface area contributed by atoms with Gasteiger partial charge in [-0.05, 0) is 32.1 Å². The van der Waals surface area contributed by atoms with E-state index in [2.05, 4.69) is 29.5 Å². The van der Waals surface area contributed by atoms with E-state index in [0.717, 1.165) is 39.0 Å². The number of aliphatic imine (C=N–C) groups is 1. The molecule has 4 atom stereocenters. The molecule has 0 aromatic carbocycles. The summed E-state index contributed by atoms with van der Waals surface area (Å²) in [6, 6.07) is 0.302. The summed E-state index contributed by atoms with van der Waals surface area (Å²) >= 11 is 0. The molecule has 2 N–H and O–H groups in total. The normalized spacial score (nSPS) is 31.6. The number of ether oxygens (including phenoxy) is 2. The van der Waals surface area contributed by atoms with Crippen molar-refractivity contribution in [2.75, 3.05) is 40.4 Å². The summed E-state index contributed by atoms with van der Waals surface area (Å²) in [6.07, 6.45) is 6.26. The molecular weight excluding hydrogens is 471 g/mol. The molecule has 1 aliphatic carbocycles. The molecule has 0 bridgehead atoms. The highest BCUT2D eigenvalue weighted by atomic mass is 127. The van der Waals surface area contributed by atoms with Gasteiger partial charge in [0.25, 0.3) is 0 Å². The van der Waals surface area contributed by atoms with Crippen LogP contribution in [0.4, 0.5) is 0 Å². The van der Waals surface area contributed by atoms with E-state index in [0.29, 0.717) is 24.0 Å². The van der Waals surface area contributed by atoms with Crippen LogP contribution in [-0.4, -0.2) is 75.4 Å². The fourth-order valence-electron chi connectivity index (χ4n) is 4.58. The molecule has 8 heteroatoms. The summed E-state index contributed by atoms with van der Waals surface area (Å²) in [5.74, 6) is 1.22. The Morgan fingerprint density at radius 3 is 2.57 bits per heavy atom. The summed E-state index contributed by atoms with van der Waals surface area (Å²) in [6.45, 7) is 7.08. The number of amides is 1. The van der Waals surface area contributed by atoms with Crippen molar-refractivity contribution in [2.24, 2.45) is 16.3 Å². The van der Waals surface area contributed by atoms with Crippen molar-refractivity contribution in [2.45, 2.75) is 64.2 Å². The molecule has 0 radical (unpaired) electrons. The van der Waals surface area contributed by atoms with E-state index >= 15 is 0 Å². The number of nitrogens with zero attached hydrogens (tertiary/aromatic N) is 2. The first-order valence-corrected chi connectivity index (χ1v) is 10.4. The van der Waals surface area contributed by atoms with Crippen molar-refractivity contribution < 1.29 is 14.3 Å². The van der Waals surface area contributed by atoms with Crippen molar-refractivity contribution in [3.8, 4) is 0 Å². The molecule has 2 heterocycles. The van der Waals surface area contributed by atoms with Crippen LogP contribution in [0.25, 0.3) is 0 Å². The number of guanidine groups is 1. The number of nitrogens with one attached hydrogen (secondary N) is 2. The van der Waals surface area contributed by atoms with Crippen LogP contribution >= 0.6 is 24.0 Å². The predicted molar refractivity (Wildman–Crippen MR) is 121 cm³/mol. The van der Waals surface area contributed by atoms with E-state index in [1.165, 1.54) is 12.8 Å². The van der Waals surface area contributed by atoms with Crippen molar-refractivity contribution in [1.29, 1.82) is 0 Å².